The lowest BCUT2D eigenvalue weighted by atomic mass is 9.45. The van der Waals surface area contributed by atoms with Crippen LogP contribution in [0.3, 0.4) is 0 Å². The van der Waals surface area contributed by atoms with Crippen molar-refractivity contribution in [1.82, 2.24) is 0 Å². The molecule has 0 radical (unpaired) electrons. The fourth-order valence-corrected chi connectivity index (χ4v) is 5.65. The van der Waals surface area contributed by atoms with Crippen LogP contribution in [0.15, 0.2) is 0 Å². The maximum absolute atomic E-state index is 11.8. The van der Waals surface area contributed by atoms with E-state index in [1.165, 1.54) is 25.7 Å². The van der Waals surface area contributed by atoms with Gasteiger partial charge in [0.25, 0.3) is 0 Å². The van der Waals surface area contributed by atoms with Gasteiger partial charge < -0.3 is 4.74 Å². The lowest BCUT2D eigenvalue weighted by Gasteiger charge is -2.59. The minimum atomic E-state index is -0.171. The highest BCUT2D eigenvalue weighted by molar-refractivity contribution is 5.73. The maximum Gasteiger partial charge on any atom is 0.306 e. The van der Waals surface area contributed by atoms with Gasteiger partial charge >= 0.3 is 5.97 Å². The predicted octanol–water partition coefficient (Wildman–Crippen LogP) is 3.93. The Balaban J connectivity index is 2.00. The van der Waals surface area contributed by atoms with Crippen molar-refractivity contribution < 1.29 is 9.53 Å². The van der Waals surface area contributed by atoms with Crippen molar-refractivity contribution in [3.63, 3.8) is 0 Å². The smallest absolute Gasteiger partial charge is 0.306 e. The van der Waals surface area contributed by atoms with E-state index in [0.29, 0.717) is 23.2 Å². The molecule has 1 aliphatic heterocycles. The number of rotatable bonds is 0. The molecule has 1 saturated heterocycles. The first-order chi connectivity index (χ1) is 8.28. The van der Waals surface area contributed by atoms with Crippen LogP contribution in [0.4, 0.5) is 0 Å². The van der Waals surface area contributed by atoms with Crippen molar-refractivity contribution in [2.45, 2.75) is 71.8 Å². The van der Waals surface area contributed by atoms with Crippen LogP contribution in [0.2, 0.25) is 0 Å². The van der Waals surface area contributed by atoms with Gasteiger partial charge in [-0.2, -0.15) is 0 Å². The Morgan fingerprint density at radius 2 is 1.78 bits per heavy atom. The zero-order valence-corrected chi connectivity index (χ0v) is 12.2. The molecule has 0 amide bonds. The molecule has 2 nitrogen and oxygen atoms in total. The Kier molecular flexibility index (Phi) is 2.44. The summed E-state index contributed by atoms with van der Waals surface area (Å²) in [5.41, 5.74) is 0.566. The van der Waals surface area contributed by atoms with Gasteiger partial charge in [-0.3, -0.25) is 4.79 Å². The number of hydrogen-bond donors (Lipinski definition) is 0. The highest BCUT2D eigenvalue weighted by atomic mass is 16.6. The number of hydrogen-bond acceptors (Lipinski definition) is 2. The van der Waals surface area contributed by atoms with Crippen molar-refractivity contribution in [3.05, 3.63) is 0 Å². The zero-order valence-electron chi connectivity index (χ0n) is 12.2. The maximum atomic E-state index is 11.8. The van der Waals surface area contributed by atoms with Crippen LogP contribution in [0.1, 0.15) is 66.2 Å². The minimum Gasteiger partial charge on any atom is -0.459 e. The third kappa shape index (κ3) is 1.50. The first-order valence-electron chi connectivity index (χ1n) is 7.50. The molecule has 3 rings (SSSR count). The molecule has 0 aromatic rings. The lowest BCUT2D eigenvalue weighted by Crippen LogP contribution is -2.55. The molecule has 0 aromatic heterocycles. The van der Waals surface area contributed by atoms with Crippen LogP contribution >= 0.6 is 0 Å². The predicted molar refractivity (Wildman–Crippen MR) is 71.1 cm³/mol. The van der Waals surface area contributed by atoms with Gasteiger partial charge in [0, 0.05) is 5.92 Å². The first-order valence-corrected chi connectivity index (χ1v) is 7.50. The van der Waals surface area contributed by atoms with Crippen LogP contribution < -0.4 is 0 Å². The molecule has 18 heavy (non-hydrogen) atoms. The average Bonchev–Trinajstić information content (AvgIpc) is 2.53. The summed E-state index contributed by atoms with van der Waals surface area (Å²) < 4.78 is 5.70. The summed E-state index contributed by atoms with van der Waals surface area (Å²) in [6.45, 7) is 9.46. The first kappa shape index (κ1) is 12.5. The number of carbonyl (C=O) groups is 1. The van der Waals surface area contributed by atoms with Gasteiger partial charge in [-0.05, 0) is 49.4 Å². The highest BCUT2D eigenvalue weighted by Crippen LogP contribution is 2.64. The minimum absolute atomic E-state index is 0.0350. The van der Waals surface area contributed by atoms with Gasteiger partial charge in [0.15, 0.2) is 0 Å². The van der Waals surface area contributed by atoms with E-state index in [-0.39, 0.29) is 11.6 Å². The lowest BCUT2D eigenvalue weighted by molar-refractivity contribution is -0.164. The Bertz CT molecular complexity index is 387. The van der Waals surface area contributed by atoms with Crippen LogP contribution in [-0.4, -0.2) is 11.6 Å². The second kappa shape index (κ2) is 3.52. The highest BCUT2D eigenvalue weighted by Gasteiger charge is 2.62. The van der Waals surface area contributed by atoms with Crippen molar-refractivity contribution in [1.29, 1.82) is 0 Å². The number of fused-ring (bicyclic) bond motifs is 3. The summed E-state index contributed by atoms with van der Waals surface area (Å²) in [5, 5.41) is 0. The van der Waals surface area contributed by atoms with Gasteiger partial charge in [-0.1, -0.05) is 27.2 Å². The Hall–Kier alpha value is -0.530. The van der Waals surface area contributed by atoms with Crippen molar-refractivity contribution in [3.8, 4) is 0 Å². The molecule has 2 heteroatoms. The van der Waals surface area contributed by atoms with Gasteiger partial charge in [0.2, 0.25) is 0 Å². The van der Waals surface area contributed by atoms with E-state index in [1.54, 1.807) is 0 Å². The average molecular weight is 250 g/mol. The summed E-state index contributed by atoms with van der Waals surface area (Å²) in [5.74, 6) is 1.23. The standard InChI is InChI=1S/C16H26O2/c1-14(2)7-5-8-15(3)11(14)6-9-16(4)12(15)10-13(17)18-16/h11-12H,5-10H2,1-4H3/t11-,12+,15-,16+/m1/s1. The molecule has 1 heterocycles. The van der Waals surface area contributed by atoms with Crippen molar-refractivity contribution in [2.24, 2.45) is 22.7 Å². The Labute approximate surface area is 110 Å². The molecule has 3 aliphatic rings. The van der Waals surface area contributed by atoms with E-state index < -0.39 is 0 Å². The molecule has 102 valence electrons. The fourth-order valence-electron chi connectivity index (χ4n) is 5.65. The number of esters is 1. The molecule has 4 atom stereocenters. The van der Waals surface area contributed by atoms with Gasteiger partial charge in [-0.15, -0.1) is 0 Å². The third-order valence-electron chi connectivity index (χ3n) is 6.46. The topological polar surface area (TPSA) is 26.3 Å². The molecular formula is C16H26O2. The number of ether oxygens (including phenoxy) is 1. The normalized spacial score (nSPS) is 50.3. The molecule has 2 saturated carbocycles. The van der Waals surface area contributed by atoms with Crippen molar-refractivity contribution >= 4 is 5.97 Å². The fraction of sp³-hybridized carbons (Fsp3) is 0.938. The van der Waals surface area contributed by atoms with E-state index in [2.05, 4.69) is 27.7 Å². The second-order valence-electron chi connectivity index (χ2n) is 7.98. The Morgan fingerprint density at radius 1 is 1.06 bits per heavy atom. The molecule has 0 bridgehead atoms. The SMILES string of the molecule is CC1(C)CCC[C@]2(C)[C@@H]1CC[C@]1(C)OC(=O)C[C@@H]21. The van der Waals surface area contributed by atoms with E-state index in [1.807, 2.05) is 0 Å². The monoisotopic (exact) mass is 250 g/mol. The summed E-state index contributed by atoms with van der Waals surface area (Å²) in [4.78, 5) is 11.8. The summed E-state index contributed by atoms with van der Waals surface area (Å²) >= 11 is 0. The van der Waals surface area contributed by atoms with Crippen LogP contribution in [0, 0.1) is 22.7 Å². The van der Waals surface area contributed by atoms with Crippen LogP contribution in [0.25, 0.3) is 0 Å². The summed E-state index contributed by atoms with van der Waals surface area (Å²) in [6, 6.07) is 0. The van der Waals surface area contributed by atoms with Gasteiger partial charge in [-0.25, -0.2) is 0 Å². The van der Waals surface area contributed by atoms with E-state index in [4.69, 9.17) is 4.74 Å². The molecule has 0 spiro atoms. The van der Waals surface area contributed by atoms with Crippen LogP contribution in [-0.2, 0) is 9.53 Å². The molecule has 2 aliphatic carbocycles. The molecular weight excluding hydrogens is 224 g/mol. The molecule has 3 fully saturated rings. The Morgan fingerprint density at radius 3 is 2.50 bits per heavy atom. The number of carbonyl (C=O) groups excluding carboxylic acids is 1. The summed E-state index contributed by atoms with van der Waals surface area (Å²) in [6.07, 6.45) is 6.86. The van der Waals surface area contributed by atoms with Crippen molar-refractivity contribution in [2.75, 3.05) is 0 Å². The second-order valence-corrected chi connectivity index (χ2v) is 7.98. The third-order valence-corrected chi connectivity index (χ3v) is 6.46. The van der Waals surface area contributed by atoms with Gasteiger partial charge in [0.1, 0.15) is 5.60 Å². The largest absolute Gasteiger partial charge is 0.459 e. The molecule has 0 N–H and O–H groups in total. The molecule has 0 aromatic carbocycles. The molecule has 0 unspecified atom stereocenters. The zero-order chi connectivity index (χ0) is 13.2. The van der Waals surface area contributed by atoms with Crippen LogP contribution in [0.5, 0.6) is 0 Å². The van der Waals surface area contributed by atoms with E-state index >= 15 is 0 Å². The van der Waals surface area contributed by atoms with Gasteiger partial charge in [0.05, 0.1) is 6.42 Å². The van der Waals surface area contributed by atoms with E-state index in [0.717, 1.165) is 12.3 Å². The quantitative estimate of drug-likeness (QED) is 0.609. The summed E-state index contributed by atoms with van der Waals surface area (Å²) in [7, 11) is 0. The van der Waals surface area contributed by atoms with E-state index in [9.17, 15) is 4.79 Å².